The first-order valence-corrected chi connectivity index (χ1v) is 8.47. The number of rotatable bonds is 2. The van der Waals surface area contributed by atoms with Crippen LogP contribution in [0.2, 0.25) is 0 Å². The average Bonchev–Trinajstić information content (AvgIpc) is 3.11. The van der Waals surface area contributed by atoms with Gasteiger partial charge >= 0.3 is 0 Å². The fraction of sp³-hybridized carbons (Fsp3) is 0.105. The van der Waals surface area contributed by atoms with Crippen LogP contribution in [0.5, 0.6) is 0 Å². The summed E-state index contributed by atoms with van der Waals surface area (Å²) in [5, 5.41) is 8.40. The smallest absolute Gasteiger partial charge is 0.267 e. The van der Waals surface area contributed by atoms with Crippen molar-refractivity contribution in [3.05, 3.63) is 80.1 Å². The molecule has 118 valence electrons. The molecular formula is C19H15N3OS. The zero-order valence-corrected chi connectivity index (χ0v) is 14.2. The van der Waals surface area contributed by atoms with Crippen LogP contribution in [0, 0.1) is 13.8 Å². The van der Waals surface area contributed by atoms with Gasteiger partial charge in [-0.1, -0.05) is 65.4 Å². The number of benzene rings is 2. The van der Waals surface area contributed by atoms with Gasteiger partial charge in [0.15, 0.2) is 5.82 Å². The Kier molecular flexibility index (Phi) is 3.50. The van der Waals surface area contributed by atoms with Crippen LogP contribution in [0.4, 0.5) is 0 Å². The minimum atomic E-state index is -0.0705. The molecule has 0 atom stereocenters. The lowest BCUT2D eigenvalue weighted by Gasteiger charge is -2.00. The molecule has 0 unspecified atom stereocenters. The summed E-state index contributed by atoms with van der Waals surface area (Å²) < 4.78 is 2.27. The normalized spacial score (nSPS) is 12.2. The minimum Gasteiger partial charge on any atom is -0.267 e. The molecule has 2 aromatic carbocycles. The average molecular weight is 333 g/mol. The highest BCUT2D eigenvalue weighted by molar-refractivity contribution is 7.15. The van der Waals surface area contributed by atoms with Crippen LogP contribution in [0.25, 0.3) is 22.4 Å². The van der Waals surface area contributed by atoms with E-state index in [1.165, 1.54) is 16.9 Å². The van der Waals surface area contributed by atoms with E-state index in [1.54, 1.807) is 4.40 Å². The van der Waals surface area contributed by atoms with Gasteiger partial charge in [0.05, 0.1) is 4.53 Å². The first kappa shape index (κ1) is 14.8. The van der Waals surface area contributed by atoms with E-state index < -0.39 is 0 Å². The molecule has 0 aliphatic heterocycles. The Bertz CT molecular complexity index is 1140. The van der Waals surface area contributed by atoms with Crippen molar-refractivity contribution in [3.63, 3.8) is 0 Å². The molecular weight excluding hydrogens is 318 g/mol. The molecule has 0 saturated heterocycles. The maximum atomic E-state index is 12.8. The van der Waals surface area contributed by atoms with Crippen molar-refractivity contribution in [1.29, 1.82) is 0 Å². The van der Waals surface area contributed by atoms with Gasteiger partial charge in [-0.15, -0.1) is 10.2 Å². The number of nitrogens with zero attached hydrogens (tertiary/aromatic N) is 3. The first-order chi connectivity index (χ1) is 11.6. The fourth-order valence-corrected chi connectivity index (χ4v) is 3.59. The summed E-state index contributed by atoms with van der Waals surface area (Å²) >= 11 is 1.37. The molecule has 0 aliphatic rings. The van der Waals surface area contributed by atoms with Gasteiger partial charge in [0, 0.05) is 5.56 Å². The topological polar surface area (TPSA) is 47.3 Å². The Morgan fingerprint density at radius 1 is 1.00 bits per heavy atom. The van der Waals surface area contributed by atoms with Gasteiger partial charge in [-0.3, -0.25) is 4.79 Å². The molecule has 0 bridgehead atoms. The molecule has 4 rings (SSSR count). The summed E-state index contributed by atoms with van der Waals surface area (Å²) in [7, 11) is 0. The van der Waals surface area contributed by atoms with Crippen LogP contribution in [0.15, 0.2) is 53.3 Å². The van der Waals surface area contributed by atoms with Crippen molar-refractivity contribution < 1.29 is 0 Å². The Labute approximate surface area is 142 Å². The number of aryl methyl sites for hydroxylation is 2. The number of hydrogen-bond acceptors (Lipinski definition) is 4. The summed E-state index contributed by atoms with van der Waals surface area (Å²) in [6.07, 6.45) is 1.91. The summed E-state index contributed by atoms with van der Waals surface area (Å²) in [5.41, 5.74) is 4.14. The summed E-state index contributed by atoms with van der Waals surface area (Å²) in [6.45, 7) is 4.05. The summed E-state index contributed by atoms with van der Waals surface area (Å²) in [4.78, 5) is 13.5. The van der Waals surface area contributed by atoms with Crippen molar-refractivity contribution in [1.82, 2.24) is 14.6 Å². The molecule has 0 saturated carbocycles. The summed E-state index contributed by atoms with van der Waals surface area (Å²) in [6, 6.07) is 16.0. The largest absolute Gasteiger partial charge is 0.276 e. The molecule has 0 N–H and O–H groups in total. The van der Waals surface area contributed by atoms with Crippen molar-refractivity contribution in [2.45, 2.75) is 13.8 Å². The number of fused-ring (bicyclic) bond motifs is 1. The van der Waals surface area contributed by atoms with Gasteiger partial charge in [0.2, 0.25) is 4.96 Å². The molecule has 0 radical (unpaired) electrons. The van der Waals surface area contributed by atoms with Crippen LogP contribution in [0.1, 0.15) is 16.7 Å². The second-order valence-electron chi connectivity index (χ2n) is 5.78. The van der Waals surface area contributed by atoms with E-state index in [-0.39, 0.29) is 5.56 Å². The van der Waals surface area contributed by atoms with Crippen LogP contribution in [0.3, 0.4) is 0 Å². The van der Waals surface area contributed by atoms with E-state index in [0.717, 1.165) is 16.7 Å². The maximum absolute atomic E-state index is 12.8. The molecule has 5 heteroatoms. The Balaban J connectivity index is 1.93. The quantitative estimate of drug-likeness (QED) is 0.566. The SMILES string of the molecule is Cc1ccc(/C=c2/sc3nnc(-c4ccccc4C)n3c2=O)cc1. The number of hydrogen-bond donors (Lipinski definition) is 0. The molecule has 0 amide bonds. The highest BCUT2D eigenvalue weighted by Crippen LogP contribution is 2.21. The van der Waals surface area contributed by atoms with Crippen molar-refractivity contribution in [3.8, 4) is 11.4 Å². The van der Waals surface area contributed by atoms with E-state index in [4.69, 9.17) is 0 Å². The van der Waals surface area contributed by atoms with E-state index in [2.05, 4.69) is 10.2 Å². The molecule has 2 heterocycles. The monoisotopic (exact) mass is 333 g/mol. The van der Waals surface area contributed by atoms with Gasteiger partial charge < -0.3 is 0 Å². The number of thiazole rings is 1. The lowest BCUT2D eigenvalue weighted by atomic mass is 10.1. The maximum Gasteiger partial charge on any atom is 0.276 e. The molecule has 0 fully saturated rings. The van der Waals surface area contributed by atoms with Gasteiger partial charge in [-0.25, -0.2) is 4.40 Å². The number of aromatic nitrogens is 3. The van der Waals surface area contributed by atoms with Crippen LogP contribution < -0.4 is 10.1 Å². The lowest BCUT2D eigenvalue weighted by molar-refractivity contribution is 1.09. The Morgan fingerprint density at radius 2 is 1.75 bits per heavy atom. The Morgan fingerprint density at radius 3 is 2.50 bits per heavy atom. The second-order valence-corrected chi connectivity index (χ2v) is 6.79. The fourth-order valence-electron chi connectivity index (χ4n) is 2.67. The lowest BCUT2D eigenvalue weighted by Crippen LogP contribution is -2.23. The van der Waals surface area contributed by atoms with Crippen LogP contribution >= 0.6 is 11.3 Å². The standard InChI is InChI=1S/C19H15N3OS/c1-12-7-9-14(10-8-12)11-16-18(23)22-17(20-21-19(22)24-16)15-6-4-3-5-13(15)2/h3-11H,1-2H3/b16-11+. The minimum absolute atomic E-state index is 0.0705. The predicted molar refractivity (Wildman–Crippen MR) is 97.3 cm³/mol. The van der Waals surface area contributed by atoms with Crippen molar-refractivity contribution in [2.24, 2.45) is 0 Å². The van der Waals surface area contributed by atoms with Gasteiger partial charge in [-0.2, -0.15) is 0 Å². The highest BCUT2D eigenvalue weighted by Gasteiger charge is 2.15. The third-order valence-electron chi connectivity index (χ3n) is 4.01. The highest BCUT2D eigenvalue weighted by atomic mass is 32.1. The molecule has 2 aromatic heterocycles. The van der Waals surface area contributed by atoms with Gasteiger partial charge in [0.25, 0.3) is 5.56 Å². The molecule has 4 aromatic rings. The van der Waals surface area contributed by atoms with Gasteiger partial charge in [0.1, 0.15) is 0 Å². The second kappa shape index (κ2) is 5.69. The van der Waals surface area contributed by atoms with Gasteiger partial charge in [-0.05, 0) is 31.1 Å². The predicted octanol–water partition coefficient (Wildman–Crippen LogP) is 2.98. The van der Waals surface area contributed by atoms with Crippen LogP contribution in [-0.2, 0) is 0 Å². The van der Waals surface area contributed by atoms with Crippen molar-refractivity contribution >= 4 is 22.4 Å². The zero-order chi connectivity index (χ0) is 16.7. The van der Waals surface area contributed by atoms with Crippen molar-refractivity contribution in [2.75, 3.05) is 0 Å². The third kappa shape index (κ3) is 2.43. The first-order valence-electron chi connectivity index (χ1n) is 7.66. The Hall–Kier alpha value is -2.79. The molecule has 0 spiro atoms. The molecule has 24 heavy (non-hydrogen) atoms. The zero-order valence-electron chi connectivity index (χ0n) is 13.4. The van der Waals surface area contributed by atoms with E-state index in [0.29, 0.717) is 15.3 Å². The van der Waals surface area contributed by atoms with E-state index in [1.807, 2.05) is 68.5 Å². The third-order valence-corrected chi connectivity index (χ3v) is 4.97. The van der Waals surface area contributed by atoms with Crippen LogP contribution in [-0.4, -0.2) is 14.6 Å². The molecule has 0 aliphatic carbocycles. The van der Waals surface area contributed by atoms with E-state index in [9.17, 15) is 4.79 Å². The summed E-state index contributed by atoms with van der Waals surface area (Å²) in [5.74, 6) is 0.605. The van der Waals surface area contributed by atoms with E-state index >= 15 is 0 Å². The molecule has 4 nitrogen and oxygen atoms in total.